The van der Waals surface area contributed by atoms with Gasteiger partial charge in [0.15, 0.2) is 0 Å². The molecule has 8 N–H and O–H groups in total. The molecule has 0 saturated carbocycles. The van der Waals surface area contributed by atoms with Crippen LogP contribution < -0.4 is 26.6 Å². The summed E-state index contributed by atoms with van der Waals surface area (Å²) in [5.41, 5.74) is 11.8. The summed E-state index contributed by atoms with van der Waals surface area (Å²) < 4.78 is 30.0. The van der Waals surface area contributed by atoms with Crippen molar-refractivity contribution >= 4 is 31.4 Å². The number of benzene rings is 1. The van der Waals surface area contributed by atoms with Crippen LogP contribution in [0.1, 0.15) is 63.1 Å². The second-order valence-corrected chi connectivity index (χ2v) is 11.3. The summed E-state index contributed by atoms with van der Waals surface area (Å²) in [5, 5.41) is 5.79. The zero-order valence-electron chi connectivity index (χ0n) is 20.3. The van der Waals surface area contributed by atoms with Crippen molar-refractivity contribution in [2.75, 3.05) is 18.8 Å². The first-order chi connectivity index (χ1) is 17.1. The highest BCUT2D eigenvalue weighted by molar-refractivity contribution is 8.00. The Morgan fingerprint density at radius 3 is 2.39 bits per heavy atom. The average Bonchev–Trinajstić information content (AvgIpc) is 3.14. The number of hydrogen-bond donors (Lipinski definition) is 6. The van der Waals surface area contributed by atoms with E-state index < -0.39 is 19.9 Å². The van der Waals surface area contributed by atoms with Gasteiger partial charge in [0.05, 0.1) is 0 Å². The number of carbonyl (C=O) groups is 2. The number of para-hydroxylation sites is 1. The third kappa shape index (κ3) is 11.1. The summed E-state index contributed by atoms with van der Waals surface area (Å²) >= 11 is 1.82. The fourth-order valence-electron chi connectivity index (χ4n) is 3.90. The molecule has 0 spiro atoms. The Balaban J connectivity index is 1.50. The Morgan fingerprint density at radius 1 is 1.08 bits per heavy atom. The molecule has 4 atom stereocenters. The fourth-order valence-corrected chi connectivity index (χ4v) is 5.77. The zero-order chi connectivity index (χ0) is 26.6. The van der Waals surface area contributed by atoms with Crippen molar-refractivity contribution in [3.8, 4) is 5.75 Å². The van der Waals surface area contributed by atoms with E-state index in [1.807, 2.05) is 11.8 Å². The van der Waals surface area contributed by atoms with Crippen LogP contribution in [0.15, 0.2) is 24.3 Å². The maximum Gasteiger partial charge on any atom is 0.524 e. The molecule has 1 aromatic carbocycles. The summed E-state index contributed by atoms with van der Waals surface area (Å²) in [6.45, 7) is 0.854. The molecule has 36 heavy (non-hydrogen) atoms. The van der Waals surface area contributed by atoms with E-state index in [4.69, 9.17) is 21.3 Å². The Bertz CT molecular complexity index is 892. The molecule has 1 aliphatic heterocycles. The van der Waals surface area contributed by atoms with Crippen LogP contribution in [0.5, 0.6) is 5.75 Å². The second-order valence-electron chi connectivity index (χ2n) is 8.90. The quantitative estimate of drug-likeness (QED) is 0.134. The molecule has 0 aromatic heterocycles. The number of phosphoric acid groups is 1. The molecule has 1 fully saturated rings. The van der Waals surface area contributed by atoms with E-state index in [1.54, 1.807) is 0 Å². The van der Waals surface area contributed by atoms with E-state index in [0.717, 1.165) is 44.3 Å². The molecule has 1 aliphatic rings. The van der Waals surface area contributed by atoms with Gasteiger partial charge in [-0.3, -0.25) is 19.4 Å². The molecule has 2 amide bonds. The first-order valence-corrected chi connectivity index (χ1v) is 14.8. The molecule has 10 nitrogen and oxygen atoms in total. The first kappa shape index (κ1) is 30.5. The van der Waals surface area contributed by atoms with Crippen LogP contribution in [0.3, 0.4) is 0 Å². The Morgan fingerprint density at radius 2 is 1.75 bits per heavy atom. The molecule has 4 unspecified atom stereocenters. The number of unbranched alkanes of at least 4 members (excludes halogenated alkanes) is 4. The molecule has 204 valence electrons. The molecule has 13 heteroatoms. The number of amides is 2. The summed E-state index contributed by atoms with van der Waals surface area (Å²) in [4.78, 5) is 41.9. The van der Waals surface area contributed by atoms with Crippen LogP contribution in [-0.2, 0) is 14.2 Å². The normalized spacial score (nSPS) is 20.6. The number of alkyl halides is 1. The third-order valence-corrected chi connectivity index (χ3v) is 7.92. The average molecular weight is 549 g/mol. The number of rotatable bonds is 16. The highest BCUT2D eigenvalue weighted by Crippen LogP contribution is 2.41. The maximum absolute atomic E-state index is 14.5. The number of hydrogen-bond acceptors (Lipinski definition) is 7. The van der Waals surface area contributed by atoms with Gasteiger partial charge < -0.3 is 26.6 Å². The first-order valence-electron chi connectivity index (χ1n) is 12.2. The van der Waals surface area contributed by atoms with Gasteiger partial charge in [-0.1, -0.05) is 37.5 Å². The lowest BCUT2D eigenvalue weighted by atomic mass is 10.0. The number of phosphoric ester groups is 1. The van der Waals surface area contributed by atoms with Crippen molar-refractivity contribution in [2.24, 2.45) is 11.5 Å². The van der Waals surface area contributed by atoms with Gasteiger partial charge in [-0.05, 0) is 31.7 Å². The van der Waals surface area contributed by atoms with E-state index in [1.165, 1.54) is 24.3 Å². The van der Waals surface area contributed by atoms with E-state index in [0.29, 0.717) is 24.6 Å². The Hall–Kier alpha value is -1.69. The molecule has 2 rings (SSSR count). The smallest absolute Gasteiger partial charge is 0.404 e. The van der Waals surface area contributed by atoms with Crippen LogP contribution in [0.2, 0.25) is 0 Å². The molecule has 0 aliphatic carbocycles. The monoisotopic (exact) mass is 548 g/mol. The summed E-state index contributed by atoms with van der Waals surface area (Å²) in [6.07, 6.45) is 4.25. The van der Waals surface area contributed by atoms with E-state index in [9.17, 15) is 18.5 Å². The molecular weight excluding hydrogens is 510 g/mol. The largest absolute Gasteiger partial charge is 0.524 e. The number of halogens is 1. The minimum Gasteiger partial charge on any atom is -0.404 e. The topological polar surface area (TPSA) is 177 Å². The standard InChI is InChI=1S/C23H38FN4O6PS/c24-21(16-9-3-4-10-18(16)34-35(31,32)33)23(30)28-14-8-2-1-7-13-27-20(29)12-6-5-11-19-22(26)17(25)15-36-19/h3-4,9-10,17,19,21-22H,1-2,5-8,11-15,25-26H2,(H,27,29)(H,28,30)(H2,31,32,33). The molecular formula is C23H38FN4O6PS. The lowest BCUT2D eigenvalue weighted by Crippen LogP contribution is -2.43. The molecule has 1 aromatic rings. The lowest BCUT2D eigenvalue weighted by Gasteiger charge is -2.16. The van der Waals surface area contributed by atoms with Crippen molar-refractivity contribution in [3.05, 3.63) is 29.8 Å². The van der Waals surface area contributed by atoms with Crippen molar-refractivity contribution in [1.82, 2.24) is 10.6 Å². The van der Waals surface area contributed by atoms with Gasteiger partial charge in [-0.25, -0.2) is 8.96 Å². The molecule has 1 heterocycles. The van der Waals surface area contributed by atoms with Crippen LogP contribution in [0.25, 0.3) is 0 Å². The van der Waals surface area contributed by atoms with Gasteiger partial charge >= 0.3 is 7.82 Å². The molecule has 0 radical (unpaired) electrons. The zero-order valence-corrected chi connectivity index (χ0v) is 22.0. The predicted octanol–water partition coefficient (Wildman–Crippen LogP) is 2.29. The van der Waals surface area contributed by atoms with Crippen LogP contribution >= 0.6 is 19.6 Å². The minimum atomic E-state index is -4.88. The van der Waals surface area contributed by atoms with E-state index in [-0.39, 0.29) is 35.8 Å². The predicted molar refractivity (Wildman–Crippen MR) is 138 cm³/mol. The van der Waals surface area contributed by atoms with Gasteiger partial charge in [0.2, 0.25) is 12.1 Å². The van der Waals surface area contributed by atoms with Crippen LogP contribution in [-0.4, -0.2) is 57.8 Å². The van der Waals surface area contributed by atoms with Crippen LogP contribution in [0.4, 0.5) is 4.39 Å². The molecule has 0 bridgehead atoms. The SMILES string of the molecule is NC1CSC(CCCCC(=O)NCCCCCCNC(=O)C(F)c2ccccc2OP(=O)(O)O)C1N. The summed E-state index contributed by atoms with van der Waals surface area (Å²) in [6, 6.07) is 5.41. The van der Waals surface area contributed by atoms with Gasteiger partial charge in [0.25, 0.3) is 5.91 Å². The van der Waals surface area contributed by atoms with E-state index >= 15 is 0 Å². The minimum absolute atomic E-state index is 0.0411. The highest BCUT2D eigenvalue weighted by atomic mass is 32.2. The Labute approximate surface area is 215 Å². The third-order valence-electron chi connectivity index (χ3n) is 5.93. The van der Waals surface area contributed by atoms with Gasteiger partial charge in [-0.2, -0.15) is 11.8 Å². The van der Waals surface area contributed by atoms with Crippen molar-refractivity contribution in [2.45, 2.75) is 74.9 Å². The lowest BCUT2D eigenvalue weighted by molar-refractivity contribution is -0.126. The fraction of sp³-hybridized carbons (Fsp3) is 0.652. The Kier molecular flexibility index (Phi) is 13.2. The number of thioether (sulfide) groups is 1. The van der Waals surface area contributed by atoms with Crippen molar-refractivity contribution < 1.29 is 32.9 Å². The van der Waals surface area contributed by atoms with Gasteiger partial charge in [-0.15, -0.1) is 0 Å². The van der Waals surface area contributed by atoms with Crippen LogP contribution in [0, 0.1) is 0 Å². The number of nitrogens with one attached hydrogen (secondary N) is 2. The van der Waals surface area contributed by atoms with Gasteiger partial charge in [0, 0.05) is 48.2 Å². The van der Waals surface area contributed by atoms with Gasteiger partial charge in [0.1, 0.15) is 5.75 Å². The number of carbonyl (C=O) groups excluding carboxylic acids is 2. The summed E-state index contributed by atoms with van der Waals surface area (Å²) in [7, 11) is -4.88. The van der Waals surface area contributed by atoms with Crippen molar-refractivity contribution in [1.29, 1.82) is 0 Å². The van der Waals surface area contributed by atoms with E-state index in [2.05, 4.69) is 15.2 Å². The van der Waals surface area contributed by atoms with Crippen molar-refractivity contribution in [3.63, 3.8) is 0 Å². The molecule has 1 saturated heterocycles. The second kappa shape index (κ2) is 15.5. The highest BCUT2D eigenvalue weighted by Gasteiger charge is 2.31. The summed E-state index contributed by atoms with van der Waals surface area (Å²) in [5.74, 6) is -0.335. The maximum atomic E-state index is 14.5. The number of nitrogens with two attached hydrogens (primary N) is 2.